The summed E-state index contributed by atoms with van der Waals surface area (Å²) in [5, 5.41) is 19.8. The van der Waals surface area contributed by atoms with Gasteiger partial charge in [-0.1, -0.05) is 35.1 Å². The molecule has 1 aliphatic heterocycles. The van der Waals surface area contributed by atoms with Gasteiger partial charge in [0.25, 0.3) is 0 Å². The van der Waals surface area contributed by atoms with Crippen molar-refractivity contribution < 1.29 is 9.90 Å². The molecule has 21 heavy (non-hydrogen) atoms. The van der Waals surface area contributed by atoms with Crippen LogP contribution in [0.25, 0.3) is 0 Å². The number of hydrogen-bond acceptors (Lipinski definition) is 5. The highest BCUT2D eigenvalue weighted by Gasteiger charge is 2.32. The lowest BCUT2D eigenvalue weighted by molar-refractivity contribution is -0.138. The van der Waals surface area contributed by atoms with Crippen molar-refractivity contribution in [3.8, 4) is 0 Å². The maximum atomic E-state index is 11.2. The van der Waals surface area contributed by atoms with Crippen molar-refractivity contribution in [3.63, 3.8) is 0 Å². The van der Waals surface area contributed by atoms with Crippen molar-refractivity contribution in [2.75, 3.05) is 11.4 Å². The zero-order valence-electron chi connectivity index (χ0n) is 11.2. The molecule has 1 atom stereocenters. The second kappa shape index (κ2) is 5.99. The van der Waals surface area contributed by atoms with Gasteiger partial charge in [-0.3, -0.25) is 0 Å². The molecule has 5 nitrogen and oxygen atoms in total. The van der Waals surface area contributed by atoms with Crippen molar-refractivity contribution in [2.45, 2.75) is 25.3 Å². The normalized spacial score (nSPS) is 18.1. The van der Waals surface area contributed by atoms with E-state index in [1.54, 1.807) is 0 Å². The van der Waals surface area contributed by atoms with E-state index >= 15 is 0 Å². The van der Waals surface area contributed by atoms with Gasteiger partial charge >= 0.3 is 5.97 Å². The molecule has 1 unspecified atom stereocenters. The summed E-state index contributed by atoms with van der Waals surface area (Å²) >= 11 is 7.32. The first-order valence-corrected chi connectivity index (χ1v) is 7.89. The summed E-state index contributed by atoms with van der Waals surface area (Å²) in [6, 6.07) is 7.14. The van der Waals surface area contributed by atoms with E-state index in [1.165, 1.54) is 11.3 Å². The minimum atomic E-state index is -0.790. The van der Waals surface area contributed by atoms with Crippen LogP contribution in [0.15, 0.2) is 24.3 Å². The van der Waals surface area contributed by atoms with Gasteiger partial charge in [-0.2, -0.15) is 0 Å². The van der Waals surface area contributed by atoms with Crippen molar-refractivity contribution in [1.29, 1.82) is 0 Å². The summed E-state index contributed by atoms with van der Waals surface area (Å²) in [7, 11) is 0. The highest BCUT2D eigenvalue weighted by Crippen LogP contribution is 2.29. The van der Waals surface area contributed by atoms with Crippen molar-refractivity contribution in [3.05, 3.63) is 39.9 Å². The third kappa shape index (κ3) is 3.16. The number of anilines is 1. The predicted molar refractivity (Wildman–Crippen MR) is 82.2 cm³/mol. The van der Waals surface area contributed by atoms with Gasteiger partial charge in [0.05, 0.1) is 0 Å². The molecule has 0 amide bonds. The van der Waals surface area contributed by atoms with Crippen molar-refractivity contribution in [1.82, 2.24) is 10.2 Å². The summed E-state index contributed by atoms with van der Waals surface area (Å²) in [5.74, 6) is -0.790. The van der Waals surface area contributed by atoms with Gasteiger partial charge in [-0.05, 0) is 30.5 Å². The third-order valence-corrected chi connectivity index (χ3v) is 4.72. The summed E-state index contributed by atoms with van der Waals surface area (Å²) in [4.78, 5) is 13.1. The van der Waals surface area contributed by atoms with Crippen LogP contribution in [0.1, 0.15) is 23.4 Å². The van der Waals surface area contributed by atoms with Gasteiger partial charge in [-0.25, -0.2) is 4.79 Å². The summed E-state index contributed by atoms with van der Waals surface area (Å²) in [6.07, 6.45) is 2.23. The van der Waals surface area contributed by atoms with Gasteiger partial charge in [0.1, 0.15) is 11.0 Å². The number of hydrogen-bond donors (Lipinski definition) is 1. The Labute approximate surface area is 131 Å². The lowest BCUT2D eigenvalue weighted by atomic mass is 10.2. The van der Waals surface area contributed by atoms with Crippen LogP contribution in [-0.2, 0) is 11.2 Å². The van der Waals surface area contributed by atoms with E-state index in [2.05, 4.69) is 10.2 Å². The van der Waals surface area contributed by atoms with Crippen LogP contribution < -0.4 is 4.90 Å². The van der Waals surface area contributed by atoms with Gasteiger partial charge < -0.3 is 10.0 Å². The Kier molecular flexibility index (Phi) is 4.07. The van der Waals surface area contributed by atoms with E-state index < -0.39 is 12.0 Å². The Morgan fingerprint density at radius 3 is 2.86 bits per heavy atom. The van der Waals surface area contributed by atoms with Gasteiger partial charge in [-0.15, -0.1) is 10.2 Å². The van der Waals surface area contributed by atoms with Crippen molar-refractivity contribution in [2.24, 2.45) is 0 Å². The van der Waals surface area contributed by atoms with Crippen LogP contribution in [0.5, 0.6) is 0 Å². The van der Waals surface area contributed by atoms with E-state index in [4.69, 9.17) is 11.6 Å². The number of benzene rings is 1. The van der Waals surface area contributed by atoms with Crippen LogP contribution in [0.2, 0.25) is 5.02 Å². The number of rotatable bonds is 4. The van der Waals surface area contributed by atoms with Gasteiger partial charge in [0.15, 0.2) is 0 Å². The predicted octanol–water partition coefficient (Wildman–Crippen LogP) is 2.84. The molecular formula is C14H14ClN3O2S. The lowest BCUT2D eigenvalue weighted by Gasteiger charge is -2.19. The van der Waals surface area contributed by atoms with Gasteiger partial charge in [0, 0.05) is 18.0 Å². The van der Waals surface area contributed by atoms with Crippen LogP contribution in [0, 0.1) is 0 Å². The van der Waals surface area contributed by atoms with Crippen LogP contribution in [-0.4, -0.2) is 33.9 Å². The average Bonchev–Trinajstić information content (AvgIpc) is 3.09. The minimum Gasteiger partial charge on any atom is -0.480 e. The Morgan fingerprint density at radius 2 is 2.14 bits per heavy atom. The van der Waals surface area contributed by atoms with Crippen LogP contribution >= 0.6 is 22.9 Å². The Bertz CT molecular complexity index is 644. The Morgan fingerprint density at radius 1 is 1.38 bits per heavy atom. The van der Waals surface area contributed by atoms with E-state index in [-0.39, 0.29) is 0 Å². The Hall–Kier alpha value is -1.66. The fraction of sp³-hybridized carbons (Fsp3) is 0.357. The Balaban J connectivity index is 1.74. The molecule has 110 valence electrons. The molecule has 0 bridgehead atoms. The standard InChI is InChI=1S/C14H14ClN3O2S/c15-10-5-3-9(4-6-10)8-12-16-17-14(21-12)18-7-1-2-11(18)13(19)20/h3-6,11H,1-2,7-8H2,(H,19,20). The zero-order chi connectivity index (χ0) is 14.8. The average molecular weight is 324 g/mol. The number of aromatic nitrogens is 2. The molecule has 3 rings (SSSR count). The first kappa shape index (κ1) is 14.3. The molecule has 1 aromatic carbocycles. The number of nitrogens with zero attached hydrogens (tertiary/aromatic N) is 3. The highest BCUT2D eigenvalue weighted by atomic mass is 35.5. The molecule has 2 aromatic rings. The monoisotopic (exact) mass is 323 g/mol. The molecule has 1 aromatic heterocycles. The second-order valence-electron chi connectivity index (χ2n) is 4.97. The van der Waals surface area contributed by atoms with E-state index in [0.29, 0.717) is 23.0 Å². The molecule has 1 aliphatic rings. The van der Waals surface area contributed by atoms with Crippen LogP contribution in [0.4, 0.5) is 5.13 Å². The molecule has 1 saturated heterocycles. The minimum absolute atomic E-state index is 0.471. The molecule has 0 aliphatic carbocycles. The maximum Gasteiger partial charge on any atom is 0.326 e. The molecule has 0 saturated carbocycles. The SMILES string of the molecule is O=C(O)C1CCCN1c1nnc(Cc2ccc(Cl)cc2)s1. The summed E-state index contributed by atoms with van der Waals surface area (Å²) < 4.78 is 0. The van der Waals surface area contributed by atoms with E-state index in [1.807, 2.05) is 29.2 Å². The number of carbonyl (C=O) groups is 1. The molecule has 2 heterocycles. The first-order chi connectivity index (χ1) is 10.1. The van der Waals surface area contributed by atoms with E-state index in [0.717, 1.165) is 23.5 Å². The molecule has 1 N–H and O–H groups in total. The summed E-state index contributed by atoms with van der Waals surface area (Å²) in [6.45, 7) is 0.729. The maximum absolute atomic E-state index is 11.2. The lowest BCUT2D eigenvalue weighted by Crippen LogP contribution is -2.35. The molecule has 0 spiro atoms. The second-order valence-corrected chi connectivity index (χ2v) is 6.45. The van der Waals surface area contributed by atoms with Crippen LogP contribution in [0.3, 0.4) is 0 Å². The zero-order valence-corrected chi connectivity index (χ0v) is 12.8. The number of aliphatic carboxylic acids is 1. The highest BCUT2D eigenvalue weighted by molar-refractivity contribution is 7.15. The molecule has 1 fully saturated rings. The fourth-order valence-electron chi connectivity index (χ4n) is 2.46. The first-order valence-electron chi connectivity index (χ1n) is 6.70. The summed E-state index contributed by atoms with van der Waals surface area (Å²) in [5.41, 5.74) is 1.11. The molecule has 0 radical (unpaired) electrons. The quantitative estimate of drug-likeness (QED) is 0.937. The number of halogens is 1. The fourth-order valence-corrected chi connectivity index (χ4v) is 3.54. The van der Waals surface area contributed by atoms with Crippen molar-refractivity contribution >= 4 is 34.0 Å². The molecular weight excluding hydrogens is 310 g/mol. The van der Waals surface area contributed by atoms with E-state index in [9.17, 15) is 9.90 Å². The topological polar surface area (TPSA) is 66.3 Å². The largest absolute Gasteiger partial charge is 0.480 e. The van der Waals surface area contributed by atoms with Gasteiger partial charge in [0.2, 0.25) is 5.13 Å². The number of carboxylic acids is 1. The number of carboxylic acid groups (broad SMARTS) is 1. The third-order valence-electron chi connectivity index (χ3n) is 3.51. The smallest absolute Gasteiger partial charge is 0.326 e. The molecule has 7 heteroatoms.